The van der Waals surface area contributed by atoms with E-state index in [4.69, 9.17) is 0 Å². The van der Waals surface area contributed by atoms with E-state index in [1.54, 1.807) is 4.57 Å². The molecule has 1 atom stereocenters. The molecule has 0 spiro atoms. The minimum absolute atomic E-state index is 0.00156. The van der Waals surface area contributed by atoms with Crippen LogP contribution in [0.5, 0.6) is 0 Å². The lowest BCUT2D eigenvalue weighted by Crippen LogP contribution is -2.26. The van der Waals surface area contributed by atoms with Crippen LogP contribution in [0.3, 0.4) is 0 Å². The molecule has 2 N–H and O–H groups in total. The van der Waals surface area contributed by atoms with E-state index < -0.39 is 0 Å². The number of amides is 1. The van der Waals surface area contributed by atoms with Gasteiger partial charge in [0, 0.05) is 17.4 Å². The average molecular weight is 399 g/mol. The third kappa shape index (κ3) is 4.14. The van der Waals surface area contributed by atoms with Gasteiger partial charge >= 0.3 is 0 Å². The molecule has 0 bridgehead atoms. The Morgan fingerprint density at radius 2 is 2.00 bits per heavy atom. The summed E-state index contributed by atoms with van der Waals surface area (Å²) in [6.07, 6.45) is 0.801. The second-order valence-electron chi connectivity index (χ2n) is 7.18. The lowest BCUT2D eigenvalue weighted by atomic mass is 10.1. The van der Waals surface area contributed by atoms with Gasteiger partial charge in [0.1, 0.15) is 5.52 Å². The zero-order chi connectivity index (χ0) is 20.4. The van der Waals surface area contributed by atoms with Crippen LogP contribution in [0.2, 0.25) is 0 Å². The molecule has 1 aromatic carbocycles. The number of rotatable bonds is 6. The van der Waals surface area contributed by atoms with Gasteiger partial charge < -0.3 is 10.3 Å². The second-order valence-corrected chi connectivity index (χ2v) is 8.12. The van der Waals surface area contributed by atoms with Gasteiger partial charge in [0.15, 0.2) is 5.16 Å². The molecular weight excluding hydrogens is 372 g/mol. The van der Waals surface area contributed by atoms with Gasteiger partial charge in [0.2, 0.25) is 5.91 Å². The number of carbonyl (C=O) groups is 1. The molecule has 0 unspecified atom stereocenters. The van der Waals surface area contributed by atoms with Crippen LogP contribution in [-0.4, -0.2) is 26.2 Å². The molecule has 0 saturated carbocycles. The molecule has 6 nitrogen and oxygen atoms in total. The number of fused-ring (bicyclic) bond motifs is 1. The number of nitrogens with one attached hydrogen (secondary N) is 2. The topological polar surface area (TPSA) is 79.8 Å². The summed E-state index contributed by atoms with van der Waals surface area (Å²) in [6, 6.07) is 7.70. The Morgan fingerprint density at radius 1 is 1.25 bits per heavy atom. The number of carbonyl (C=O) groups excluding carboxylic acids is 1. The average Bonchev–Trinajstić information content (AvgIpc) is 3.03. The monoisotopic (exact) mass is 398 g/mol. The van der Waals surface area contributed by atoms with Crippen molar-refractivity contribution < 1.29 is 4.79 Å². The molecule has 0 fully saturated rings. The summed E-state index contributed by atoms with van der Waals surface area (Å²) in [7, 11) is 0. The van der Waals surface area contributed by atoms with Crippen molar-refractivity contribution >= 4 is 34.4 Å². The molecule has 3 aromatic rings. The maximum atomic E-state index is 12.9. The fraction of sp³-hybridized carbons (Fsp3) is 0.381. The van der Waals surface area contributed by atoms with Gasteiger partial charge in [-0.05, 0) is 63.4 Å². The normalized spacial score (nSPS) is 12.3. The highest BCUT2D eigenvalue weighted by Crippen LogP contribution is 2.23. The van der Waals surface area contributed by atoms with Crippen LogP contribution in [0, 0.1) is 20.8 Å². The van der Waals surface area contributed by atoms with Crippen LogP contribution in [0.1, 0.15) is 43.1 Å². The Labute approximate surface area is 168 Å². The molecule has 7 heteroatoms. The number of benzene rings is 1. The summed E-state index contributed by atoms with van der Waals surface area (Å²) in [4.78, 5) is 33.1. The van der Waals surface area contributed by atoms with Crippen molar-refractivity contribution in [2.75, 3.05) is 11.1 Å². The van der Waals surface area contributed by atoms with Gasteiger partial charge in [0.05, 0.1) is 11.3 Å². The Morgan fingerprint density at radius 3 is 2.68 bits per heavy atom. The maximum Gasteiger partial charge on any atom is 0.278 e. The van der Waals surface area contributed by atoms with Crippen LogP contribution in [0.25, 0.3) is 11.0 Å². The van der Waals surface area contributed by atoms with E-state index in [0.29, 0.717) is 16.2 Å². The molecule has 2 heterocycles. The highest BCUT2D eigenvalue weighted by Gasteiger charge is 2.18. The van der Waals surface area contributed by atoms with Gasteiger partial charge in [-0.2, -0.15) is 0 Å². The van der Waals surface area contributed by atoms with Crippen molar-refractivity contribution in [3.05, 3.63) is 51.4 Å². The summed E-state index contributed by atoms with van der Waals surface area (Å²) < 4.78 is 1.69. The number of anilines is 1. The highest BCUT2D eigenvalue weighted by molar-refractivity contribution is 7.99. The summed E-state index contributed by atoms with van der Waals surface area (Å²) in [5.74, 6) is 0.0635. The third-order valence-electron chi connectivity index (χ3n) is 4.94. The van der Waals surface area contributed by atoms with Crippen molar-refractivity contribution in [1.29, 1.82) is 0 Å². The van der Waals surface area contributed by atoms with Crippen LogP contribution in [-0.2, 0) is 4.79 Å². The van der Waals surface area contributed by atoms with Crippen LogP contribution < -0.4 is 10.9 Å². The lowest BCUT2D eigenvalue weighted by Gasteiger charge is -2.17. The van der Waals surface area contributed by atoms with Gasteiger partial charge in [0.25, 0.3) is 5.56 Å². The fourth-order valence-corrected chi connectivity index (χ4v) is 3.91. The second kappa shape index (κ2) is 8.22. The molecule has 0 aliphatic heterocycles. The predicted octanol–water partition coefficient (Wildman–Crippen LogP) is 4.35. The van der Waals surface area contributed by atoms with E-state index in [2.05, 4.69) is 15.3 Å². The fourth-order valence-electron chi connectivity index (χ4n) is 3.01. The first-order valence-electron chi connectivity index (χ1n) is 9.42. The van der Waals surface area contributed by atoms with Crippen LogP contribution in [0.4, 0.5) is 5.69 Å². The molecule has 0 saturated heterocycles. The van der Waals surface area contributed by atoms with E-state index in [1.807, 2.05) is 58.9 Å². The van der Waals surface area contributed by atoms with Crippen molar-refractivity contribution in [1.82, 2.24) is 14.5 Å². The molecule has 0 aliphatic rings. The number of nitrogens with zero attached hydrogens (tertiary/aromatic N) is 2. The molecule has 3 rings (SSSR count). The number of hydrogen-bond donors (Lipinski definition) is 2. The molecule has 0 aliphatic carbocycles. The van der Waals surface area contributed by atoms with Crippen molar-refractivity contribution in [2.45, 2.75) is 52.2 Å². The van der Waals surface area contributed by atoms with E-state index in [-0.39, 0.29) is 23.3 Å². The van der Waals surface area contributed by atoms with Gasteiger partial charge in [-0.1, -0.05) is 24.8 Å². The van der Waals surface area contributed by atoms with Crippen LogP contribution >= 0.6 is 11.8 Å². The Bertz CT molecular complexity index is 1080. The van der Waals surface area contributed by atoms with E-state index in [9.17, 15) is 9.59 Å². The third-order valence-corrected chi connectivity index (χ3v) is 5.89. The number of aromatic amines is 1. The molecule has 148 valence electrons. The summed E-state index contributed by atoms with van der Waals surface area (Å²) in [6.45, 7) is 9.97. The smallest absolute Gasteiger partial charge is 0.278 e. The maximum absolute atomic E-state index is 12.9. The number of hydrogen-bond acceptors (Lipinski definition) is 4. The van der Waals surface area contributed by atoms with Crippen molar-refractivity contribution in [3.8, 4) is 0 Å². The highest BCUT2D eigenvalue weighted by atomic mass is 32.2. The van der Waals surface area contributed by atoms with Crippen molar-refractivity contribution in [3.63, 3.8) is 0 Å². The lowest BCUT2D eigenvalue weighted by molar-refractivity contribution is -0.113. The molecule has 28 heavy (non-hydrogen) atoms. The van der Waals surface area contributed by atoms with E-state index in [0.717, 1.165) is 23.4 Å². The quantitative estimate of drug-likeness (QED) is 0.478. The first kappa shape index (κ1) is 20.2. The zero-order valence-electron chi connectivity index (χ0n) is 16.9. The molecule has 0 radical (unpaired) electrons. The van der Waals surface area contributed by atoms with Gasteiger partial charge in [-0.25, -0.2) is 4.98 Å². The summed E-state index contributed by atoms with van der Waals surface area (Å²) >= 11 is 1.29. The Balaban J connectivity index is 1.83. The summed E-state index contributed by atoms with van der Waals surface area (Å²) in [5.41, 5.74) is 5.04. The SMILES string of the molecule is CC[C@@H](C)n1c(SCC(=O)Nc2ccc(C)c(C)c2)nc2cc(C)[nH]c2c1=O. The molecule has 2 aromatic heterocycles. The van der Waals surface area contributed by atoms with E-state index >= 15 is 0 Å². The number of aryl methyl sites for hydroxylation is 3. The predicted molar refractivity (Wildman–Crippen MR) is 115 cm³/mol. The zero-order valence-corrected chi connectivity index (χ0v) is 17.7. The minimum Gasteiger partial charge on any atom is -0.353 e. The molecule has 1 amide bonds. The Hall–Kier alpha value is -2.54. The van der Waals surface area contributed by atoms with Gasteiger partial charge in [-0.3, -0.25) is 14.2 Å². The number of aromatic nitrogens is 3. The summed E-state index contributed by atoms with van der Waals surface area (Å²) in [5, 5.41) is 3.49. The first-order chi connectivity index (χ1) is 13.3. The largest absolute Gasteiger partial charge is 0.353 e. The first-order valence-corrected chi connectivity index (χ1v) is 10.4. The van der Waals surface area contributed by atoms with Crippen LogP contribution in [0.15, 0.2) is 34.2 Å². The van der Waals surface area contributed by atoms with Crippen molar-refractivity contribution in [2.24, 2.45) is 0 Å². The molecular formula is C21H26N4O2S. The standard InChI is InChI=1S/C21H26N4O2S/c1-6-15(5)25-20(27)19-17(10-14(4)22-19)24-21(25)28-11-18(26)23-16-8-7-12(2)13(3)9-16/h7-10,15,22H,6,11H2,1-5H3,(H,23,26)/t15-/m1/s1. The van der Waals surface area contributed by atoms with E-state index in [1.165, 1.54) is 17.3 Å². The minimum atomic E-state index is -0.122. The Kier molecular flexibility index (Phi) is 5.93. The van der Waals surface area contributed by atoms with Gasteiger partial charge in [-0.15, -0.1) is 0 Å². The number of H-pyrrole nitrogens is 1. The number of thioether (sulfide) groups is 1.